The van der Waals surface area contributed by atoms with Crippen LogP contribution in [0.3, 0.4) is 0 Å². The summed E-state index contributed by atoms with van der Waals surface area (Å²) in [6.07, 6.45) is 0.635. The number of ketones is 1. The van der Waals surface area contributed by atoms with Crippen LogP contribution in [0.1, 0.15) is 47.1 Å². The van der Waals surface area contributed by atoms with Crippen LogP contribution in [0.25, 0.3) is 0 Å². The maximum atomic E-state index is 13.0. The molecule has 2 aliphatic heterocycles. The molecule has 0 aromatic heterocycles. The fraction of sp³-hybridized carbons (Fsp3) is 0.364. The van der Waals surface area contributed by atoms with Gasteiger partial charge in [-0.1, -0.05) is 0 Å². The van der Waals surface area contributed by atoms with Gasteiger partial charge in [0, 0.05) is 23.1 Å². The molecule has 29 heavy (non-hydrogen) atoms. The molecule has 0 aliphatic carbocycles. The van der Waals surface area contributed by atoms with Crippen molar-refractivity contribution < 1.29 is 27.8 Å². The molecule has 7 heteroatoms. The van der Waals surface area contributed by atoms with E-state index in [9.17, 15) is 18.4 Å². The van der Waals surface area contributed by atoms with Gasteiger partial charge in [0.15, 0.2) is 5.78 Å². The summed E-state index contributed by atoms with van der Waals surface area (Å²) in [5.41, 5.74) is 1.29. The van der Waals surface area contributed by atoms with Gasteiger partial charge < -0.3 is 14.4 Å². The summed E-state index contributed by atoms with van der Waals surface area (Å²) in [5, 5.41) is 0. The number of rotatable bonds is 4. The number of fused-ring (bicyclic) bond motifs is 1. The molecule has 5 nitrogen and oxygen atoms in total. The van der Waals surface area contributed by atoms with E-state index in [-0.39, 0.29) is 5.78 Å². The van der Waals surface area contributed by atoms with Crippen LogP contribution in [0.4, 0.5) is 8.78 Å². The Morgan fingerprint density at radius 2 is 1.72 bits per heavy atom. The first-order chi connectivity index (χ1) is 13.5. The molecular weight excluding hydrogens is 380 g/mol. The Bertz CT molecular complexity index is 991. The van der Waals surface area contributed by atoms with Gasteiger partial charge in [0.25, 0.3) is 11.8 Å². The number of hydrogen-bond acceptors (Lipinski definition) is 4. The third kappa shape index (κ3) is 3.81. The Labute approximate surface area is 167 Å². The summed E-state index contributed by atoms with van der Waals surface area (Å²) in [6.45, 7) is 4.30. The number of amides is 1. The van der Waals surface area contributed by atoms with Crippen LogP contribution < -0.4 is 9.47 Å². The Balaban J connectivity index is 1.56. The highest BCUT2D eigenvalue weighted by Gasteiger charge is 2.46. The molecule has 4 rings (SSSR count). The van der Waals surface area contributed by atoms with Crippen molar-refractivity contribution in [3.05, 3.63) is 53.1 Å². The predicted octanol–water partition coefficient (Wildman–Crippen LogP) is 4.49. The molecule has 0 atom stereocenters. The number of likely N-dealkylation sites (tertiary alicyclic amines) is 1. The molecule has 152 valence electrons. The molecular formula is C22H21F2NO4. The number of benzene rings is 2. The maximum absolute atomic E-state index is 13.0. The summed E-state index contributed by atoms with van der Waals surface area (Å²) in [7, 11) is 0. The number of hydrogen-bond donors (Lipinski definition) is 0. The lowest BCUT2D eigenvalue weighted by atomic mass is 9.99. The maximum Gasteiger partial charge on any atom is 0.282 e. The minimum atomic E-state index is -2.79. The Kier molecular flexibility index (Phi) is 4.37. The van der Waals surface area contributed by atoms with Crippen molar-refractivity contribution in [1.82, 2.24) is 4.90 Å². The normalized spacial score (nSPS) is 18.4. The first-order valence-corrected chi connectivity index (χ1v) is 9.35. The van der Waals surface area contributed by atoms with Crippen LogP contribution in [0.15, 0.2) is 36.4 Å². The highest BCUT2D eigenvalue weighted by molar-refractivity contribution is 5.95. The number of nitrogens with zero attached hydrogens (tertiary/aromatic N) is 1. The predicted molar refractivity (Wildman–Crippen MR) is 102 cm³/mol. The monoisotopic (exact) mass is 401 g/mol. The van der Waals surface area contributed by atoms with E-state index < -0.39 is 30.5 Å². The summed E-state index contributed by atoms with van der Waals surface area (Å²) >= 11 is 0. The number of carbonyl (C=O) groups excluding carboxylic acids is 2. The summed E-state index contributed by atoms with van der Waals surface area (Å²) in [6, 6.07) is 9.72. The number of Topliss-reactive ketones (excluding diaryl/α,β-unsaturated/α-hetero) is 1. The average Bonchev–Trinajstić information content (AvgIpc) is 2.94. The third-order valence-electron chi connectivity index (χ3n) is 5.02. The highest BCUT2D eigenvalue weighted by Crippen LogP contribution is 2.43. The first kappa shape index (κ1) is 19.4. The molecule has 0 saturated carbocycles. The molecule has 2 heterocycles. The van der Waals surface area contributed by atoms with Gasteiger partial charge in [-0.05, 0) is 57.2 Å². The first-order valence-electron chi connectivity index (χ1n) is 9.35. The van der Waals surface area contributed by atoms with Gasteiger partial charge in [0.1, 0.15) is 22.8 Å². The molecule has 0 radical (unpaired) electrons. The smallest absolute Gasteiger partial charge is 0.282 e. The molecule has 0 bridgehead atoms. The number of halogens is 2. The minimum Gasteiger partial charge on any atom is -0.487 e. The molecule has 0 spiro atoms. The molecule has 1 amide bonds. The van der Waals surface area contributed by atoms with Gasteiger partial charge in [-0.25, -0.2) is 8.78 Å². The fourth-order valence-corrected chi connectivity index (χ4v) is 3.57. The quantitative estimate of drug-likeness (QED) is 0.709. The zero-order chi connectivity index (χ0) is 21.0. The van der Waals surface area contributed by atoms with Crippen molar-refractivity contribution in [2.24, 2.45) is 0 Å². The van der Waals surface area contributed by atoms with Crippen LogP contribution in [-0.2, 0) is 6.42 Å². The topological polar surface area (TPSA) is 55.8 Å². The SMILES string of the molecule is CC(=O)c1cc(Oc2ccc(C(=O)N3CC(F)(F)C3)cc2)c2c(c1)OC(C)(C)C2. The van der Waals surface area contributed by atoms with Gasteiger partial charge in [0.05, 0.1) is 13.1 Å². The van der Waals surface area contributed by atoms with E-state index in [2.05, 4.69) is 0 Å². The van der Waals surface area contributed by atoms with E-state index in [0.29, 0.717) is 34.8 Å². The second-order valence-electron chi connectivity index (χ2n) is 8.19. The second kappa shape index (κ2) is 6.54. The molecule has 2 aromatic rings. The van der Waals surface area contributed by atoms with E-state index in [0.717, 1.165) is 10.5 Å². The van der Waals surface area contributed by atoms with Crippen LogP contribution in [0, 0.1) is 0 Å². The van der Waals surface area contributed by atoms with Crippen molar-refractivity contribution in [3.8, 4) is 17.2 Å². The zero-order valence-electron chi connectivity index (χ0n) is 16.4. The minimum absolute atomic E-state index is 0.0988. The van der Waals surface area contributed by atoms with Crippen molar-refractivity contribution in [3.63, 3.8) is 0 Å². The van der Waals surface area contributed by atoms with Gasteiger partial charge in [-0.2, -0.15) is 0 Å². The average molecular weight is 401 g/mol. The molecule has 0 N–H and O–H groups in total. The standard InChI is InChI=1S/C22H21F2NO4/c1-13(26)15-8-18(17-10-21(2,3)29-19(17)9-15)28-16-6-4-14(5-7-16)20(27)25-11-22(23,24)12-25/h4-9H,10-12H2,1-3H3. The Morgan fingerprint density at radius 1 is 1.07 bits per heavy atom. The molecule has 1 saturated heterocycles. The highest BCUT2D eigenvalue weighted by atomic mass is 19.3. The van der Waals surface area contributed by atoms with E-state index in [1.54, 1.807) is 36.4 Å². The fourth-order valence-electron chi connectivity index (χ4n) is 3.57. The summed E-state index contributed by atoms with van der Waals surface area (Å²) in [4.78, 5) is 25.2. The Hall–Kier alpha value is -2.96. The van der Waals surface area contributed by atoms with Gasteiger partial charge >= 0.3 is 0 Å². The lowest BCUT2D eigenvalue weighted by Crippen LogP contribution is -2.58. The summed E-state index contributed by atoms with van der Waals surface area (Å²) in [5.74, 6) is -1.70. The van der Waals surface area contributed by atoms with Crippen molar-refractivity contribution >= 4 is 11.7 Å². The van der Waals surface area contributed by atoms with Crippen molar-refractivity contribution in [2.45, 2.75) is 38.7 Å². The van der Waals surface area contributed by atoms with Gasteiger partial charge in [-0.15, -0.1) is 0 Å². The number of ether oxygens (including phenoxy) is 2. The van der Waals surface area contributed by atoms with Crippen LogP contribution >= 0.6 is 0 Å². The van der Waals surface area contributed by atoms with E-state index in [4.69, 9.17) is 9.47 Å². The Morgan fingerprint density at radius 3 is 2.31 bits per heavy atom. The van der Waals surface area contributed by atoms with E-state index in [1.807, 2.05) is 13.8 Å². The number of carbonyl (C=O) groups is 2. The van der Waals surface area contributed by atoms with Crippen LogP contribution in [0.5, 0.6) is 17.2 Å². The lowest BCUT2D eigenvalue weighted by Gasteiger charge is -2.38. The molecule has 2 aliphatic rings. The van der Waals surface area contributed by atoms with Gasteiger partial charge in [-0.3, -0.25) is 9.59 Å². The van der Waals surface area contributed by atoms with E-state index >= 15 is 0 Å². The van der Waals surface area contributed by atoms with Crippen molar-refractivity contribution in [1.29, 1.82) is 0 Å². The molecule has 2 aromatic carbocycles. The van der Waals surface area contributed by atoms with Crippen molar-refractivity contribution in [2.75, 3.05) is 13.1 Å². The molecule has 0 unspecified atom stereocenters. The largest absolute Gasteiger partial charge is 0.487 e. The zero-order valence-corrected chi connectivity index (χ0v) is 16.4. The van der Waals surface area contributed by atoms with Crippen LogP contribution in [-0.4, -0.2) is 41.2 Å². The second-order valence-corrected chi connectivity index (χ2v) is 8.19. The lowest BCUT2D eigenvalue weighted by molar-refractivity contribution is -0.113. The molecule has 1 fully saturated rings. The van der Waals surface area contributed by atoms with Gasteiger partial charge in [0.2, 0.25) is 0 Å². The van der Waals surface area contributed by atoms with Crippen LogP contribution in [0.2, 0.25) is 0 Å². The number of alkyl halides is 2. The van der Waals surface area contributed by atoms with E-state index in [1.165, 1.54) is 6.92 Å². The summed E-state index contributed by atoms with van der Waals surface area (Å²) < 4.78 is 37.9. The third-order valence-corrected chi connectivity index (χ3v) is 5.02.